The van der Waals surface area contributed by atoms with Crippen LogP contribution < -0.4 is 3.07 Å². The van der Waals surface area contributed by atoms with E-state index in [1.54, 1.807) is 0 Å². The standard InChI is InChI=1S/C8H9IO.C2H6/c1-2-7-3-5-8(10-9)6-4-7;1-2/h3-6H,2H2,1H3;1-2H3. The summed E-state index contributed by atoms with van der Waals surface area (Å²) in [4.78, 5) is 0. The minimum absolute atomic E-state index is 0.915. The van der Waals surface area contributed by atoms with Gasteiger partial charge in [-0.3, -0.25) is 0 Å². The highest BCUT2D eigenvalue weighted by atomic mass is 127. The van der Waals surface area contributed by atoms with Gasteiger partial charge in [0.25, 0.3) is 0 Å². The Morgan fingerprint density at radius 3 is 2.00 bits per heavy atom. The fourth-order valence-corrected chi connectivity index (χ4v) is 1.07. The Bertz CT molecular complexity index is 170. The monoisotopic (exact) mass is 278 g/mol. The van der Waals surface area contributed by atoms with E-state index in [1.165, 1.54) is 5.56 Å². The Morgan fingerprint density at radius 2 is 1.67 bits per heavy atom. The predicted octanol–water partition coefficient (Wildman–Crippen LogP) is 4.00. The molecular weight excluding hydrogens is 263 g/mol. The highest BCUT2D eigenvalue weighted by Gasteiger charge is 1.90. The van der Waals surface area contributed by atoms with E-state index in [9.17, 15) is 0 Å². The Labute approximate surface area is 88.8 Å². The Morgan fingerprint density at radius 1 is 1.17 bits per heavy atom. The van der Waals surface area contributed by atoms with Gasteiger partial charge in [0.1, 0.15) is 5.75 Å². The van der Waals surface area contributed by atoms with Crippen molar-refractivity contribution >= 4 is 23.0 Å². The van der Waals surface area contributed by atoms with Gasteiger partial charge in [0.05, 0.1) is 0 Å². The maximum atomic E-state index is 4.98. The lowest BCUT2D eigenvalue weighted by molar-refractivity contribution is 0.716. The molecule has 0 aliphatic rings. The van der Waals surface area contributed by atoms with E-state index in [0.29, 0.717) is 0 Å². The van der Waals surface area contributed by atoms with E-state index in [4.69, 9.17) is 3.07 Å². The van der Waals surface area contributed by atoms with E-state index < -0.39 is 0 Å². The first-order chi connectivity index (χ1) is 5.86. The minimum Gasteiger partial charge on any atom is -0.428 e. The van der Waals surface area contributed by atoms with E-state index in [2.05, 4.69) is 19.1 Å². The zero-order valence-corrected chi connectivity index (χ0v) is 9.96. The van der Waals surface area contributed by atoms with E-state index >= 15 is 0 Å². The lowest BCUT2D eigenvalue weighted by Crippen LogP contribution is -1.78. The van der Waals surface area contributed by atoms with Crippen molar-refractivity contribution in [2.45, 2.75) is 27.2 Å². The molecule has 0 N–H and O–H groups in total. The predicted molar refractivity (Wildman–Crippen MR) is 61.8 cm³/mol. The van der Waals surface area contributed by atoms with E-state index in [1.807, 2.05) is 49.0 Å². The summed E-state index contributed by atoms with van der Waals surface area (Å²) in [6, 6.07) is 8.11. The van der Waals surface area contributed by atoms with E-state index in [-0.39, 0.29) is 0 Å². The SMILES string of the molecule is CC.CCc1ccc(OI)cc1. The Hall–Kier alpha value is -0.250. The van der Waals surface area contributed by atoms with Gasteiger partial charge >= 0.3 is 0 Å². The molecule has 68 valence electrons. The van der Waals surface area contributed by atoms with Crippen LogP contribution in [0.3, 0.4) is 0 Å². The van der Waals surface area contributed by atoms with Crippen molar-refractivity contribution in [3.8, 4) is 5.75 Å². The zero-order chi connectivity index (χ0) is 9.40. The van der Waals surface area contributed by atoms with Gasteiger partial charge in [-0.05, 0) is 24.1 Å². The van der Waals surface area contributed by atoms with Gasteiger partial charge in [-0.25, -0.2) is 0 Å². The van der Waals surface area contributed by atoms with Crippen LogP contribution in [-0.4, -0.2) is 0 Å². The van der Waals surface area contributed by atoms with Crippen LogP contribution in [0.4, 0.5) is 0 Å². The number of rotatable bonds is 2. The van der Waals surface area contributed by atoms with Crippen molar-refractivity contribution in [1.29, 1.82) is 0 Å². The first kappa shape index (κ1) is 11.8. The van der Waals surface area contributed by atoms with Gasteiger partial charge < -0.3 is 3.07 Å². The van der Waals surface area contributed by atoms with Crippen molar-refractivity contribution in [2.24, 2.45) is 0 Å². The van der Waals surface area contributed by atoms with Crippen molar-refractivity contribution in [1.82, 2.24) is 0 Å². The molecule has 0 radical (unpaired) electrons. The van der Waals surface area contributed by atoms with Crippen LogP contribution in [0.5, 0.6) is 5.75 Å². The van der Waals surface area contributed by atoms with Crippen LogP contribution in [-0.2, 0) is 6.42 Å². The van der Waals surface area contributed by atoms with Gasteiger partial charge in [-0.2, -0.15) is 0 Å². The molecule has 0 heterocycles. The number of hydrogen-bond acceptors (Lipinski definition) is 1. The van der Waals surface area contributed by atoms with Crippen LogP contribution in [0.15, 0.2) is 24.3 Å². The molecular formula is C10H15IO. The van der Waals surface area contributed by atoms with Crippen molar-refractivity contribution in [2.75, 3.05) is 0 Å². The summed E-state index contributed by atoms with van der Waals surface area (Å²) >= 11 is 1.88. The second kappa shape index (κ2) is 7.40. The normalized spacial score (nSPS) is 8.33. The number of benzene rings is 1. The molecule has 0 amide bonds. The summed E-state index contributed by atoms with van der Waals surface area (Å²) in [6.07, 6.45) is 1.08. The maximum Gasteiger partial charge on any atom is 0.192 e. The minimum atomic E-state index is 0.915. The van der Waals surface area contributed by atoms with Crippen LogP contribution in [0.25, 0.3) is 0 Å². The van der Waals surface area contributed by atoms with Gasteiger partial charge in [0.2, 0.25) is 0 Å². The topological polar surface area (TPSA) is 9.23 Å². The maximum absolute atomic E-state index is 4.98. The molecule has 0 bridgehead atoms. The third kappa shape index (κ3) is 3.95. The highest BCUT2D eigenvalue weighted by molar-refractivity contribution is 14.1. The Kier molecular flexibility index (Phi) is 7.25. The molecule has 0 spiro atoms. The fraction of sp³-hybridized carbons (Fsp3) is 0.400. The summed E-state index contributed by atoms with van der Waals surface area (Å²) in [5, 5.41) is 0. The molecule has 0 unspecified atom stereocenters. The summed E-state index contributed by atoms with van der Waals surface area (Å²) in [5.41, 5.74) is 1.34. The number of hydrogen-bond donors (Lipinski definition) is 0. The van der Waals surface area contributed by atoms with Crippen molar-refractivity contribution < 1.29 is 3.07 Å². The average Bonchev–Trinajstić information content (AvgIpc) is 2.21. The molecule has 0 saturated carbocycles. The first-order valence-corrected chi connectivity index (χ1v) is 5.12. The Balaban J connectivity index is 0.000000561. The van der Waals surface area contributed by atoms with Gasteiger partial charge in [0, 0.05) is 0 Å². The molecule has 2 heteroatoms. The molecule has 0 fully saturated rings. The van der Waals surface area contributed by atoms with Gasteiger partial charge in [-0.15, -0.1) is 0 Å². The molecule has 1 nitrogen and oxygen atoms in total. The quantitative estimate of drug-likeness (QED) is 0.743. The molecule has 1 aromatic carbocycles. The smallest absolute Gasteiger partial charge is 0.192 e. The third-order valence-corrected chi connectivity index (χ3v) is 1.93. The van der Waals surface area contributed by atoms with Gasteiger partial charge in [-0.1, -0.05) is 32.9 Å². The molecule has 0 saturated heterocycles. The van der Waals surface area contributed by atoms with E-state index in [0.717, 1.165) is 12.2 Å². The second-order valence-electron chi connectivity index (χ2n) is 2.07. The fourth-order valence-electron chi connectivity index (χ4n) is 0.777. The van der Waals surface area contributed by atoms with Crippen molar-refractivity contribution in [3.05, 3.63) is 29.8 Å². The van der Waals surface area contributed by atoms with Gasteiger partial charge in [0.15, 0.2) is 23.0 Å². The lowest BCUT2D eigenvalue weighted by Gasteiger charge is -1.97. The molecule has 0 aliphatic carbocycles. The average molecular weight is 278 g/mol. The molecule has 0 aliphatic heterocycles. The largest absolute Gasteiger partial charge is 0.428 e. The molecule has 0 aromatic heterocycles. The summed E-state index contributed by atoms with van der Waals surface area (Å²) in [5.74, 6) is 0.915. The summed E-state index contributed by atoms with van der Waals surface area (Å²) in [7, 11) is 0. The summed E-state index contributed by atoms with van der Waals surface area (Å²) in [6.45, 7) is 6.14. The molecule has 12 heavy (non-hydrogen) atoms. The third-order valence-electron chi connectivity index (χ3n) is 1.42. The van der Waals surface area contributed by atoms with Crippen LogP contribution in [0.1, 0.15) is 26.3 Å². The molecule has 1 rings (SSSR count). The lowest BCUT2D eigenvalue weighted by atomic mass is 10.2. The molecule has 0 atom stereocenters. The summed E-state index contributed by atoms with van der Waals surface area (Å²) < 4.78 is 4.98. The second-order valence-corrected chi connectivity index (χ2v) is 2.52. The molecule has 1 aromatic rings. The van der Waals surface area contributed by atoms with Crippen LogP contribution in [0.2, 0.25) is 0 Å². The number of aryl methyl sites for hydroxylation is 1. The highest BCUT2D eigenvalue weighted by Crippen LogP contribution is 2.14. The zero-order valence-electron chi connectivity index (χ0n) is 7.80. The number of halogens is 1. The van der Waals surface area contributed by atoms with Crippen LogP contribution in [0, 0.1) is 0 Å². The first-order valence-electron chi connectivity index (χ1n) is 4.24. The van der Waals surface area contributed by atoms with Crippen LogP contribution >= 0.6 is 23.0 Å². The van der Waals surface area contributed by atoms with Crippen molar-refractivity contribution in [3.63, 3.8) is 0 Å².